The lowest BCUT2D eigenvalue weighted by Gasteiger charge is -2.41. The molecule has 2 heterocycles. The Morgan fingerprint density at radius 3 is 2.65 bits per heavy atom. The van der Waals surface area contributed by atoms with E-state index in [-0.39, 0.29) is 29.1 Å². The highest BCUT2D eigenvalue weighted by molar-refractivity contribution is 6.33. The predicted molar refractivity (Wildman–Crippen MR) is 100 cm³/mol. The molecule has 1 saturated heterocycles. The molecular weight excluding hydrogens is 381 g/mol. The molecular formula is C17H23Cl2N3O4. The zero-order valence-corrected chi connectivity index (χ0v) is 16.8. The van der Waals surface area contributed by atoms with Crippen LogP contribution >= 0.6 is 23.2 Å². The number of likely N-dealkylation sites (tertiary alicyclic amines) is 1. The van der Waals surface area contributed by atoms with E-state index < -0.39 is 5.60 Å². The van der Waals surface area contributed by atoms with Crippen LogP contribution in [0.25, 0.3) is 0 Å². The molecule has 1 aliphatic rings. The summed E-state index contributed by atoms with van der Waals surface area (Å²) in [6.45, 7) is 8.17. The lowest BCUT2D eigenvalue weighted by atomic mass is 10.1. The molecule has 1 aliphatic heterocycles. The number of nitrogens with zero attached hydrogens (tertiary/aromatic N) is 2. The zero-order chi connectivity index (χ0) is 19.5. The summed E-state index contributed by atoms with van der Waals surface area (Å²) >= 11 is 11.5. The number of amides is 2. The van der Waals surface area contributed by atoms with Gasteiger partial charge in [-0.1, -0.05) is 11.6 Å². The fraction of sp³-hybridized carbons (Fsp3) is 0.588. The number of anilines is 1. The second kappa shape index (κ2) is 8.31. The topological polar surface area (TPSA) is 80.8 Å². The number of carbonyl (C=O) groups is 2. The fourth-order valence-corrected chi connectivity index (χ4v) is 2.63. The van der Waals surface area contributed by atoms with Crippen molar-refractivity contribution in [2.24, 2.45) is 0 Å². The Morgan fingerprint density at radius 2 is 2.12 bits per heavy atom. The maximum atomic E-state index is 12.1. The number of carbonyl (C=O) groups excluding carboxylic acids is 2. The smallest absolute Gasteiger partial charge is 0.410 e. The summed E-state index contributed by atoms with van der Waals surface area (Å²) in [5, 5.41) is 2.73. The van der Waals surface area contributed by atoms with E-state index >= 15 is 0 Å². The molecule has 1 fully saturated rings. The van der Waals surface area contributed by atoms with Gasteiger partial charge in [0.1, 0.15) is 23.8 Å². The minimum absolute atomic E-state index is 0.0687. The Balaban J connectivity index is 1.99. The summed E-state index contributed by atoms with van der Waals surface area (Å²) in [4.78, 5) is 29.4. The van der Waals surface area contributed by atoms with Gasteiger partial charge in [0.2, 0.25) is 5.91 Å². The Morgan fingerprint density at radius 1 is 1.42 bits per heavy atom. The van der Waals surface area contributed by atoms with Crippen LogP contribution < -0.4 is 10.1 Å². The fourth-order valence-electron chi connectivity index (χ4n) is 2.34. The van der Waals surface area contributed by atoms with E-state index in [4.69, 9.17) is 32.7 Å². The normalized spacial score (nSPS) is 16.7. The molecule has 1 aromatic heterocycles. The lowest BCUT2D eigenvalue weighted by molar-refractivity contribution is -0.113. The van der Waals surface area contributed by atoms with Crippen molar-refractivity contribution in [3.63, 3.8) is 0 Å². The van der Waals surface area contributed by atoms with Crippen LogP contribution in [-0.2, 0) is 9.53 Å². The minimum atomic E-state index is -0.537. The van der Waals surface area contributed by atoms with Crippen LogP contribution in [0, 0.1) is 6.92 Å². The van der Waals surface area contributed by atoms with E-state index in [0.717, 1.165) is 6.42 Å². The molecule has 0 aromatic carbocycles. The molecule has 1 aromatic rings. The highest BCUT2D eigenvalue weighted by atomic mass is 35.5. The van der Waals surface area contributed by atoms with Gasteiger partial charge in [-0.25, -0.2) is 9.78 Å². The molecule has 144 valence electrons. The van der Waals surface area contributed by atoms with Crippen molar-refractivity contribution in [3.8, 4) is 5.75 Å². The van der Waals surface area contributed by atoms with Crippen molar-refractivity contribution < 1.29 is 19.1 Å². The molecule has 2 amide bonds. The van der Waals surface area contributed by atoms with Crippen LogP contribution in [0.5, 0.6) is 5.75 Å². The monoisotopic (exact) mass is 403 g/mol. The third-order valence-corrected chi connectivity index (χ3v) is 4.25. The molecule has 7 nitrogen and oxygen atoms in total. The summed E-state index contributed by atoms with van der Waals surface area (Å²) < 4.78 is 11.2. The molecule has 0 bridgehead atoms. The van der Waals surface area contributed by atoms with Crippen molar-refractivity contribution in [2.45, 2.75) is 45.8 Å². The first-order chi connectivity index (χ1) is 12.1. The van der Waals surface area contributed by atoms with Gasteiger partial charge in [-0.15, -0.1) is 11.6 Å². The number of hydrogen-bond donors (Lipinski definition) is 1. The molecule has 1 atom stereocenters. The highest BCUT2D eigenvalue weighted by Gasteiger charge is 2.35. The van der Waals surface area contributed by atoms with Crippen LogP contribution in [0.4, 0.5) is 10.5 Å². The van der Waals surface area contributed by atoms with Gasteiger partial charge < -0.3 is 19.7 Å². The lowest BCUT2D eigenvalue weighted by Crippen LogP contribution is -2.55. The second-order valence-electron chi connectivity index (χ2n) is 7.02. The Labute approximate surface area is 162 Å². The number of halogens is 2. The van der Waals surface area contributed by atoms with E-state index in [2.05, 4.69) is 10.3 Å². The van der Waals surface area contributed by atoms with Gasteiger partial charge in [0, 0.05) is 12.6 Å². The van der Waals surface area contributed by atoms with Crippen molar-refractivity contribution in [3.05, 3.63) is 16.9 Å². The zero-order valence-electron chi connectivity index (χ0n) is 15.3. The maximum absolute atomic E-state index is 12.1. The number of rotatable bonds is 5. The molecule has 1 N–H and O–H groups in total. The summed E-state index contributed by atoms with van der Waals surface area (Å²) in [7, 11) is 0. The summed E-state index contributed by atoms with van der Waals surface area (Å²) in [6, 6.07) is 1.53. The first kappa shape index (κ1) is 20.6. The summed E-state index contributed by atoms with van der Waals surface area (Å²) in [5.74, 6) is -0.0941. The van der Waals surface area contributed by atoms with E-state index in [1.165, 1.54) is 0 Å². The van der Waals surface area contributed by atoms with Crippen molar-refractivity contribution in [2.75, 3.05) is 24.3 Å². The molecule has 2 rings (SSSR count). The van der Waals surface area contributed by atoms with Crippen LogP contribution in [0.15, 0.2) is 6.07 Å². The third kappa shape index (κ3) is 5.38. The first-order valence-electron chi connectivity index (χ1n) is 8.26. The molecule has 0 radical (unpaired) electrons. The molecule has 0 aliphatic carbocycles. The maximum Gasteiger partial charge on any atom is 0.410 e. The minimum Gasteiger partial charge on any atom is -0.489 e. The Bertz CT molecular complexity index is 691. The number of alkyl halides is 1. The van der Waals surface area contributed by atoms with Gasteiger partial charge in [-0.3, -0.25) is 4.79 Å². The largest absolute Gasteiger partial charge is 0.489 e. The number of hydrogen-bond acceptors (Lipinski definition) is 5. The number of nitrogens with one attached hydrogen (secondary N) is 1. The van der Waals surface area contributed by atoms with E-state index in [9.17, 15) is 9.59 Å². The van der Waals surface area contributed by atoms with Gasteiger partial charge in [-0.05, 0) is 34.1 Å². The molecule has 0 unspecified atom stereocenters. The van der Waals surface area contributed by atoms with Gasteiger partial charge in [0.05, 0.1) is 17.4 Å². The Hall–Kier alpha value is -1.73. The SMILES string of the molecule is Cc1nc(Cl)c(NC(=O)CCl)cc1OC[C@@H]1CCN1C(=O)OC(C)(C)C. The molecule has 26 heavy (non-hydrogen) atoms. The van der Waals surface area contributed by atoms with E-state index in [1.54, 1.807) is 17.9 Å². The van der Waals surface area contributed by atoms with Crippen molar-refractivity contribution in [1.29, 1.82) is 0 Å². The average Bonchev–Trinajstić information content (AvgIpc) is 2.48. The standard InChI is InChI=1S/C17H23Cl2N3O4/c1-10-13(7-12(15(19)20-10)21-14(23)8-18)25-9-11-5-6-22(11)16(24)26-17(2,3)4/h7,11H,5-6,8-9H2,1-4H3,(H,21,23)/t11-/m0/s1. The van der Waals surface area contributed by atoms with Crippen LogP contribution in [0.3, 0.4) is 0 Å². The number of ether oxygens (including phenoxy) is 2. The van der Waals surface area contributed by atoms with Crippen molar-refractivity contribution in [1.82, 2.24) is 9.88 Å². The van der Waals surface area contributed by atoms with Gasteiger partial charge in [0.25, 0.3) is 0 Å². The van der Waals surface area contributed by atoms with Crippen LogP contribution in [-0.4, -0.2) is 52.6 Å². The predicted octanol–water partition coefficient (Wildman–Crippen LogP) is 3.61. The number of pyridine rings is 1. The van der Waals surface area contributed by atoms with Crippen LogP contribution in [0.1, 0.15) is 32.9 Å². The van der Waals surface area contributed by atoms with Gasteiger partial charge in [0.15, 0.2) is 5.15 Å². The average molecular weight is 404 g/mol. The van der Waals surface area contributed by atoms with Gasteiger partial charge in [-0.2, -0.15) is 0 Å². The van der Waals surface area contributed by atoms with Crippen LogP contribution in [0.2, 0.25) is 5.15 Å². The number of aromatic nitrogens is 1. The quantitative estimate of drug-likeness (QED) is 0.599. The highest BCUT2D eigenvalue weighted by Crippen LogP contribution is 2.29. The van der Waals surface area contributed by atoms with E-state index in [1.807, 2.05) is 20.8 Å². The number of aryl methyl sites for hydroxylation is 1. The Kier molecular flexibility index (Phi) is 6.58. The first-order valence-corrected chi connectivity index (χ1v) is 9.17. The molecule has 0 saturated carbocycles. The summed E-state index contributed by atoms with van der Waals surface area (Å²) in [5.41, 5.74) is 0.377. The van der Waals surface area contributed by atoms with Gasteiger partial charge >= 0.3 is 6.09 Å². The summed E-state index contributed by atoms with van der Waals surface area (Å²) in [6.07, 6.45) is 0.480. The second-order valence-corrected chi connectivity index (χ2v) is 7.64. The molecule has 9 heteroatoms. The van der Waals surface area contributed by atoms with E-state index in [0.29, 0.717) is 30.3 Å². The van der Waals surface area contributed by atoms with Crippen molar-refractivity contribution >= 4 is 40.9 Å². The molecule has 0 spiro atoms. The third-order valence-electron chi connectivity index (χ3n) is 3.72.